The van der Waals surface area contributed by atoms with Gasteiger partial charge in [0.2, 0.25) is 0 Å². The molecular weight excluding hydrogens is 432 g/mol. The third-order valence-corrected chi connectivity index (χ3v) is 6.59. The van der Waals surface area contributed by atoms with Crippen molar-refractivity contribution >= 4 is 28.6 Å². The van der Waals surface area contributed by atoms with Gasteiger partial charge in [0.25, 0.3) is 0 Å². The number of allylic oxidation sites excluding steroid dienone is 4. The lowest BCUT2D eigenvalue weighted by molar-refractivity contribution is -0.114. The van der Waals surface area contributed by atoms with Gasteiger partial charge in [0.05, 0.1) is 0 Å². The SMILES string of the molecule is CC(=O)C1=C(C)NC(C)=C(C(C)=O)C1c1ccc(N(c2ccc(C)cc2)c2ccc(C)cc2)cc1. The molecule has 0 saturated carbocycles. The van der Waals surface area contributed by atoms with Crippen molar-refractivity contribution in [1.82, 2.24) is 5.32 Å². The minimum absolute atomic E-state index is 0.0312. The highest BCUT2D eigenvalue weighted by Gasteiger charge is 2.33. The number of aryl methyl sites for hydroxylation is 2. The molecular formula is C31H32N2O2. The van der Waals surface area contributed by atoms with E-state index < -0.39 is 0 Å². The maximum Gasteiger partial charge on any atom is 0.158 e. The average Bonchev–Trinajstić information content (AvgIpc) is 2.81. The third kappa shape index (κ3) is 4.83. The Balaban J connectivity index is 1.82. The molecule has 0 radical (unpaired) electrons. The Morgan fingerprint density at radius 1 is 0.600 bits per heavy atom. The zero-order valence-electron chi connectivity index (χ0n) is 21.3. The Kier molecular flexibility index (Phi) is 6.74. The van der Waals surface area contributed by atoms with Gasteiger partial charge in [-0.25, -0.2) is 0 Å². The normalized spacial score (nSPS) is 14.1. The van der Waals surface area contributed by atoms with E-state index in [0.29, 0.717) is 11.1 Å². The number of Topliss-reactive ketones (excluding diaryl/α,β-unsaturated/α-hetero) is 2. The van der Waals surface area contributed by atoms with E-state index >= 15 is 0 Å². The fraction of sp³-hybridized carbons (Fsp3) is 0.226. The number of nitrogens with one attached hydrogen (secondary N) is 1. The van der Waals surface area contributed by atoms with Crippen molar-refractivity contribution in [2.75, 3.05) is 4.90 Å². The van der Waals surface area contributed by atoms with Crippen LogP contribution in [0.4, 0.5) is 17.1 Å². The van der Waals surface area contributed by atoms with Crippen LogP contribution in [0.3, 0.4) is 0 Å². The molecule has 1 N–H and O–H groups in total. The monoisotopic (exact) mass is 464 g/mol. The number of anilines is 3. The number of benzene rings is 3. The van der Waals surface area contributed by atoms with Crippen LogP contribution in [0, 0.1) is 13.8 Å². The molecule has 4 rings (SSSR count). The maximum absolute atomic E-state index is 12.6. The Morgan fingerprint density at radius 3 is 1.29 bits per heavy atom. The zero-order chi connectivity index (χ0) is 25.3. The summed E-state index contributed by atoms with van der Waals surface area (Å²) in [4.78, 5) is 27.5. The summed E-state index contributed by atoms with van der Waals surface area (Å²) in [5, 5.41) is 3.23. The van der Waals surface area contributed by atoms with E-state index in [2.05, 4.69) is 84.7 Å². The molecule has 0 bridgehead atoms. The second-order valence-electron chi connectivity index (χ2n) is 9.35. The Hall–Kier alpha value is -3.92. The number of carbonyl (C=O) groups excluding carboxylic acids is 2. The number of hydrogen-bond donors (Lipinski definition) is 1. The Labute approximate surface area is 208 Å². The summed E-state index contributed by atoms with van der Waals surface area (Å²) in [6, 6.07) is 25.1. The van der Waals surface area contributed by atoms with Crippen molar-refractivity contribution in [2.24, 2.45) is 0 Å². The fourth-order valence-electron chi connectivity index (χ4n) is 4.91. The first-order valence-electron chi connectivity index (χ1n) is 11.9. The van der Waals surface area contributed by atoms with Crippen LogP contribution in [0.25, 0.3) is 0 Å². The molecule has 178 valence electrons. The summed E-state index contributed by atoms with van der Waals surface area (Å²) in [6.45, 7) is 11.1. The van der Waals surface area contributed by atoms with E-state index in [-0.39, 0.29) is 17.5 Å². The van der Waals surface area contributed by atoms with E-state index in [4.69, 9.17) is 0 Å². The average molecular weight is 465 g/mol. The number of nitrogens with zero attached hydrogens (tertiary/aromatic N) is 1. The van der Waals surface area contributed by atoms with E-state index in [0.717, 1.165) is 34.0 Å². The van der Waals surface area contributed by atoms with Crippen LogP contribution < -0.4 is 10.2 Å². The fourth-order valence-corrected chi connectivity index (χ4v) is 4.91. The lowest BCUT2D eigenvalue weighted by atomic mass is 9.77. The molecule has 35 heavy (non-hydrogen) atoms. The molecule has 0 fully saturated rings. The minimum Gasteiger partial charge on any atom is -0.362 e. The number of rotatable bonds is 6. The van der Waals surface area contributed by atoms with Gasteiger partial charge in [-0.1, -0.05) is 47.5 Å². The largest absolute Gasteiger partial charge is 0.362 e. The molecule has 0 aromatic heterocycles. The lowest BCUT2D eigenvalue weighted by Crippen LogP contribution is -2.29. The van der Waals surface area contributed by atoms with Gasteiger partial charge in [0.1, 0.15) is 0 Å². The summed E-state index contributed by atoms with van der Waals surface area (Å²) in [5.41, 5.74) is 9.36. The van der Waals surface area contributed by atoms with Crippen LogP contribution in [0.2, 0.25) is 0 Å². The van der Waals surface area contributed by atoms with Crippen molar-refractivity contribution in [3.63, 3.8) is 0 Å². The van der Waals surface area contributed by atoms with Gasteiger partial charge in [0.15, 0.2) is 11.6 Å². The molecule has 1 aliphatic heterocycles. The molecule has 3 aromatic rings. The van der Waals surface area contributed by atoms with Gasteiger partial charge >= 0.3 is 0 Å². The topological polar surface area (TPSA) is 49.4 Å². The molecule has 0 saturated heterocycles. The van der Waals surface area contributed by atoms with Crippen molar-refractivity contribution in [3.05, 3.63) is 112 Å². The highest BCUT2D eigenvalue weighted by Crippen LogP contribution is 2.41. The highest BCUT2D eigenvalue weighted by atomic mass is 16.1. The standard InChI is InChI=1S/C31H32N2O2/c1-19-7-13-26(14-8-19)33(27-15-9-20(2)10-16-27)28-17-11-25(12-18-28)31-29(23(5)34)21(3)32-22(4)30(31)24(6)35/h7-18,31-32H,1-6H3. The lowest BCUT2D eigenvalue weighted by Gasteiger charge is -2.31. The molecule has 0 spiro atoms. The summed E-state index contributed by atoms with van der Waals surface area (Å²) >= 11 is 0. The summed E-state index contributed by atoms with van der Waals surface area (Å²) in [6.07, 6.45) is 0. The van der Waals surface area contributed by atoms with Crippen molar-refractivity contribution in [3.8, 4) is 0 Å². The second kappa shape index (κ2) is 9.75. The van der Waals surface area contributed by atoms with Gasteiger partial charge in [-0.05, 0) is 83.5 Å². The van der Waals surface area contributed by atoms with Crippen LogP contribution in [0.1, 0.15) is 50.3 Å². The summed E-state index contributed by atoms with van der Waals surface area (Å²) in [5.74, 6) is -0.444. The second-order valence-corrected chi connectivity index (χ2v) is 9.35. The van der Waals surface area contributed by atoms with Gasteiger partial charge in [-0.15, -0.1) is 0 Å². The van der Waals surface area contributed by atoms with Gasteiger partial charge in [-0.2, -0.15) is 0 Å². The van der Waals surface area contributed by atoms with E-state index in [1.54, 1.807) is 13.8 Å². The molecule has 1 heterocycles. The number of ketones is 2. The molecule has 4 heteroatoms. The Morgan fingerprint density at radius 2 is 0.943 bits per heavy atom. The van der Waals surface area contributed by atoms with Gasteiger partial charge < -0.3 is 10.2 Å². The molecule has 0 atom stereocenters. The van der Waals surface area contributed by atoms with Crippen LogP contribution in [0.15, 0.2) is 95.3 Å². The van der Waals surface area contributed by atoms with Crippen LogP contribution in [-0.4, -0.2) is 11.6 Å². The van der Waals surface area contributed by atoms with Crippen molar-refractivity contribution in [2.45, 2.75) is 47.5 Å². The molecule has 0 aliphatic carbocycles. The predicted octanol–water partition coefficient (Wildman–Crippen LogP) is 7.19. The van der Waals surface area contributed by atoms with Gasteiger partial charge in [0, 0.05) is 45.5 Å². The smallest absolute Gasteiger partial charge is 0.158 e. The first-order chi connectivity index (χ1) is 16.7. The predicted molar refractivity (Wildman–Crippen MR) is 143 cm³/mol. The number of dihydropyridines is 1. The van der Waals surface area contributed by atoms with Crippen molar-refractivity contribution in [1.29, 1.82) is 0 Å². The van der Waals surface area contributed by atoms with E-state index in [1.807, 2.05) is 26.0 Å². The molecule has 3 aromatic carbocycles. The van der Waals surface area contributed by atoms with Gasteiger partial charge in [-0.3, -0.25) is 9.59 Å². The quantitative estimate of drug-likeness (QED) is 0.419. The number of hydrogen-bond acceptors (Lipinski definition) is 4. The molecule has 1 aliphatic rings. The molecule has 0 unspecified atom stereocenters. The van der Waals surface area contributed by atoms with E-state index in [1.165, 1.54) is 11.1 Å². The van der Waals surface area contributed by atoms with Crippen LogP contribution in [-0.2, 0) is 9.59 Å². The van der Waals surface area contributed by atoms with Crippen LogP contribution in [0.5, 0.6) is 0 Å². The van der Waals surface area contributed by atoms with Crippen molar-refractivity contribution < 1.29 is 9.59 Å². The summed E-state index contributed by atoms with van der Waals surface area (Å²) in [7, 11) is 0. The minimum atomic E-state index is -0.382. The Bertz CT molecular complexity index is 1250. The zero-order valence-corrected chi connectivity index (χ0v) is 21.3. The van der Waals surface area contributed by atoms with E-state index in [9.17, 15) is 9.59 Å². The van der Waals surface area contributed by atoms with Crippen LogP contribution >= 0.6 is 0 Å². The third-order valence-electron chi connectivity index (χ3n) is 6.59. The molecule has 0 amide bonds. The maximum atomic E-state index is 12.6. The highest BCUT2D eigenvalue weighted by molar-refractivity contribution is 6.03. The first kappa shape index (κ1) is 24.2. The first-order valence-corrected chi connectivity index (χ1v) is 11.9. The summed E-state index contributed by atoms with van der Waals surface area (Å²) < 4.78 is 0. The number of carbonyl (C=O) groups is 2. The molecule has 4 nitrogen and oxygen atoms in total.